The van der Waals surface area contributed by atoms with Crippen LogP contribution >= 0.6 is 0 Å². The van der Waals surface area contributed by atoms with Gasteiger partial charge in [0.25, 0.3) is 0 Å². The maximum atomic E-state index is 12.7. The molecule has 0 bridgehead atoms. The van der Waals surface area contributed by atoms with E-state index in [1.54, 1.807) is 30.3 Å². The first kappa shape index (κ1) is 23.4. The second kappa shape index (κ2) is 8.91. The highest BCUT2D eigenvalue weighted by molar-refractivity contribution is 7.87. The van der Waals surface area contributed by atoms with Gasteiger partial charge in [-0.2, -0.15) is 8.42 Å². The summed E-state index contributed by atoms with van der Waals surface area (Å²) in [6.45, 7) is 8.23. The van der Waals surface area contributed by atoms with Gasteiger partial charge in [0.1, 0.15) is 10.6 Å². The zero-order valence-corrected chi connectivity index (χ0v) is 20.2. The predicted molar refractivity (Wildman–Crippen MR) is 131 cm³/mol. The van der Waals surface area contributed by atoms with E-state index in [0.29, 0.717) is 11.1 Å². The Hall–Kier alpha value is -3.71. The quantitative estimate of drug-likeness (QED) is 0.280. The van der Waals surface area contributed by atoms with Crippen LogP contribution in [0, 0.1) is 6.92 Å². The molecule has 6 nitrogen and oxygen atoms in total. The van der Waals surface area contributed by atoms with Gasteiger partial charge in [0.05, 0.1) is 0 Å². The normalized spacial score (nSPS) is 15.2. The third kappa shape index (κ3) is 5.10. The Morgan fingerprint density at radius 1 is 0.912 bits per heavy atom. The number of aliphatic imine (C=N–C) groups is 1. The number of aryl methyl sites for hydroxylation is 1. The second-order valence-corrected chi connectivity index (χ2v) is 10.6. The molecule has 1 heterocycles. The van der Waals surface area contributed by atoms with E-state index in [1.807, 2.05) is 31.2 Å². The Kier molecular flexibility index (Phi) is 6.15. The highest BCUT2D eigenvalue weighted by atomic mass is 32.2. The lowest BCUT2D eigenvalue weighted by molar-refractivity contribution is -0.129. The minimum absolute atomic E-state index is 0.000378. The number of rotatable bonds is 5. The molecule has 34 heavy (non-hydrogen) atoms. The van der Waals surface area contributed by atoms with Crippen LogP contribution in [-0.4, -0.2) is 20.3 Å². The van der Waals surface area contributed by atoms with Crippen molar-refractivity contribution in [2.45, 2.75) is 38.0 Å². The monoisotopic (exact) mass is 475 g/mol. The molecule has 0 saturated carbocycles. The molecule has 1 aliphatic heterocycles. The lowest BCUT2D eigenvalue weighted by Gasteiger charge is -2.18. The van der Waals surface area contributed by atoms with Crippen LogP contribution in [-0.2, 0) is 25.1 Å². The van der Waals surface area contributed by atoms with Crippen LogP contribution < -0.4 is 4.18 Å². The topological polar surface area (TPSA) is 82.0 Å². The summed E-state index contributed by atoms with van der Waals surface area (Å²) in [6, 6.07) is 20.6. The van der Waals surface area contributed by atoms with Crippen molar-refractivity contribution in [1.82, 2.24) is 0 Å². The predicted octanol–water partition coefficient (Wildman–Crippen LogP) is 5.40. The summed E-state index contributed by atoms with van der Waals surface area (Å²) < 4.78 is 36.2. The van der Waals surface area contributed by atoms with E-state index < -0.39 is 16.1 Å². The van der Waals surface area contributed by atoms with E-state index >= 15 is 0 Å². The molecular formula is C27H25NO5S. The molecule has 0 fully saturated rings. The molecule has 3 aromatic carbocycles. The Bertz CT molecular complexity index is 1390. The van der Waals surface area contributed by atoms with Crippen LogP contribution in [0.3, 0.4) is 0 Å². The summed E-state index contributed by atoms with van der Waals surface area (Å²) in [5, 5.41) is 0. The molecule has 0 unspecified atom stereocenters. The van der Waals surface area contributed by atoms with E-state index in [4.69, 9.17) is 8.92 Å². The molecular weight excluding hydrogens is 450 g/mol. The Labute approximate surface area is 199 Å². The van der Waals surface area contributed by atoms with Gasteiger partial charge in [-0.15, -0.1) is 0 Å². The zero-order valence-electron chi connectivity index (χ0n) is 19.4. The third-order valence-electron chi connectivity index (χ3n) is 5.34. The number of nitrogens with zero attached hydrogens (tertiary/aromatic N) is 1. The first-order valence-corrected chi connectivity index (χ1v) is 12.2. The van der Waals surface area contributed by atoms with Crippen LogP contribution in [0.4, 0.5) is 0 Å². The molecule has 0 aromatic heterocycles. The van der Waals surface area contributed by atoms with E-state index in [0.717, 1.165) is 11.1 Å². The number of para-hydroxylation sites is 1. The first-order valence-electron chi connectivity index (χ1n) is 10.8. The van der Waals surface area contributed by atoms with Crippen molar-refractivity contribution >= 4 is 28.1 Å². The number of benzene rings is 3. The van der Waals surface area contributed by atoms with E-state index in [1.165, 1.54) is 24.3 Å². The second-order valence-electron chi connectivity index (χ2n) is 9.05. The number of ether oxygens (including phenoxy) is 1. The molecule has 0 atom stereocenters. The molecule has 7 heteroatoms. The van der Waals surface area contributed by atoms with Crippen LogP contribution in [0.2, 0.25) is 0 Å². The molecule has 3 aromatic rings. The maximum Gasteiger partial charge on any atom is 0.363 e. The van der Waals surface area contributed by atoms with E-state index in [2.05, 4.69) is 25.8 Å². The van der Waals surface area contributed by atoms with Gasteiger partial charge in [-0.25, -0.2) is 9.79 Å². The van der Waals surface area contributed by atoms with Gasteiger partial charge >= 0.3 is 16.1 Å². The fourth-order valence-electron chi connectivity index (χ4n) is 3.34. The first-order chi connectivity index (χ1) is 16.0. The number of carbonyl (C=O) groups excluding carboxylic acids is 1. The Balaban J connectivity index is 1.63. The molecule has 0 amide bonds. The SMILES string of the molecule is Cc1ccc(S(=O)(=O)Oc2ccccc2/C=C2/N=C(c3ccc(C(C)(C)C)cc3)OC2=O)cc1. The number of carbonyl (C=O) groups is 1. The fraction of sp³-hybridized carbons (Fsp3) is 0.185. The summed E-state index contributed by atoms with van der Waals surface area (Å²) in [5.41, 5.74) is 3.21. The summed E-state index contributed by atoms with van der Waals surface area (Å²) >= 11 is 0. The lowest BCUT2D eigenvalue weighted by Crippen LogP contribution is -2.11. The summed E-state index contributed by atoms with van der Waals surface area (Å²) in [7, 11) is -4.05. The number of esters is 1. The minimum atomic E-state index is -4.05. The van der Waals surface area contributed by atoms with E-state index in [9.17, 15) is 13.2 Å². The van der Waals surface area contributed by atoms with Crippen molar-refractivity contribution in [2.75, 3.05) is 0 Å². The van der Waals surface area contributed by atoms with Crippen LogP contribution in [0.1, 0.15) is 43.0 Å². The largest absolute Gasteiger partial charge is 0.402 e. The van der Waals surface area contributed by atoms with Crippen molar-refractivity contribution in [3.05, 3.63) is 101 Å². The lowest BCUT2D eigenvalue weighted by atomic mass is 9.87. The van der Waals surface area contributed by atoms with Crippen LogP contribution in [0.25, 0.3) is 6.08 Å². The fourth-order valence-corrected chi connectivity index (χ4v) is 4.29. The molecule has 0 spiro atoms. The molecule has 0 aliphatic carbocycles. The van der Waals surface area contributed by atoms with Gasteiger partial charge in [0.2, 0.25) is 5.90 Å². The van der Waals surface area contributed by atoms with Gasteiger partial charge in [-0.3, -0.25) is 0 Å². The highest BCUT2D eigenvalue weighted by Crippen LogP contribution is 2.28. The summed E-state index contributed by atoms with van der Waals surface area (Å²) in [4.78, 5) is 16.8. The van der Waals surface area contributed by atoms with Gasteiger partial charge in [-0.1, -0.05) is 68.8 Å². The van der Waals surface area contributed by atoms with Crippen molar-refractivity contribution in [2.24, 2.45) is 4.99 Å². The van der Waals surface area contributed by atoms with Crippen molar-refractivity contribution < 1.29 is 22.1 Å². The Morgan fingerprint density at radius 3 is 2.21 bits per heavy atom. The average Bonchev–Trinajstić information content (AvgIpc) is 3.15. The molecule has 4 rings (SSSR count). The number of hydrogen-bond donors (Lipinski definition) is 0. The smallest absolute Gasteiger partial charge is 0.363 e. The summed E-state index contributed by atoms with van der Waals surface area (Å²) in [5.74, 6) is -0.338. The number of hydrogen-bond acceptors (Lipinski definition) is 6. The highest BCUT2D eigenvalue weighted by Gasteiger charge is 2.26. The van der Waals surface area contributed by atoms with E-state index in [-0.39, 0.29) is 27.7 Å². The summed E-state index contributed by atoms with van der Waals surface area (Å²) in [6.07, 6.45) is 1.46. The standard InChI is InChI=1S/C27H25NO5S/c1-18-9-15-22(16-10-18)34(30,31)33-24-8-6-5-7-20(24)17-23-26(29)32-25(28-23)19-11-13-21(14-12-19)27(2,3)4/h5-17H,1-4H3/b23-17+. The molecule has 0 radical (unpaired) electrons. The van der Waals surface area contributed by atoms with Crippen molar-refractivity contribution in [1.29, 1.82) is 0 Å². The molecule has 0 N–H and O–H groups in total. The van der Waals surface area contributed by atoms with Crippen molar-refractivity contribution in [3.63, 3.8) is 0 Å². The Morgan fingerprint density at radius 2 is 1.56 bits per heavy atom. The third-order valence-corrected chi connectivity index (χ3v) is 6.59. The van der Waals surface area contributed by atoms with Gasteiger partial charge < -0.3 is 8.92 Å². The zero-order chi connectivity index (χ0) is 24.5. The minimum Gasteiger partial charge on any atom is -0.402 e. The average molecular weight is 476 g/mol. The van der Waals surface area contributed by atoms with Crippen LogP contribution in [0.5, 0.6) is 5.75 Å². The van der Waals surface area contributed by atoms with Gasteiger partial charge in [0, 0.05) is 11.1 Å². The molecule has 1 aliphatic rings. The molecule has 174 valence electrons. The van der Waals surface area contributed by atoms with Gasteiger partial charge in [-0.05, 0) is 54.3 Å². The number of cyclic esters (lactones) is 1. The molecule has 0 saturated heterocycles. The van der Waals surface area contributed by atoms with Crippen LogP contribution in [0.15, 0.2) is 88.4 Å². The maximum absolute atomic E-state index is 12.7. The van der Waals surface area contributed by atoms with Gasteiger partial charge in [0.15, 0.2) is 5.70 Å². The van der Waals surface area contributed by atoms with Crippen molar-refractivity contribution in [3.8, 4) is 5.75 Å².